The van der Waals surface area contributed by atoms with Crippen molar-refractivity contribution in [3.05, 3.63) is 40.4 Å². The van der Waals surface area contributed by atoms with Crippen LogP contribution < -0.4 is 15.0 Å². The molecule has 10 heteroatoms. The highest BCUT2D eigenvalue weighted by Gasteiger charge is 2.32. The molecule has 1 saturated heterocycles. The fraction of sp³-hybridized carbons (Fsp3) is 0.450. The fourth-order valence-electron chi connectivity index (χ4n) is 3.53. The van der Waals surface area contributed by atoms with Crippen molar-refractivity contribution in [3.8, 4) is 5.75 Å². The van der Waals surface area contributed by atoms with Gasteiger partial charge in [0.05, 0.1) is 30.5 Å². The minimum Gasteiger partial charge on any atom is -0.497 e. The Labute approximate surface area is 179 Å². The molecule has 1 aromatic carbocycles. The number of nitrogens with one attached hydrogen (secondary N) is 2. The second kappa shape index (κ2) is 9.36. The van der Waals surface area contributed by atoms with Gasteiger partial charge >= 0.3 is 5.97 Å². The normalized spacial score (nSPS) is 18.9. The first-order chi connectivity index (χ1) is 14.4. The van der Waals surface area contributed by atoms with Crippen LogP contribution in [0, 0.1) is 0 Å². The number of nitrogens with zero attached hydrogens (tertiary/aromatic N) is 2. The second-order valence-corrected chi connectivity index (χ2v) is 7.38. The van der Waals surface area contributed by atoms with E-state index >= 15 is 0 Å². The Bertz CT molecular complexity index is 932. The Kier molecular flexibility index (Phi) is 6.84. The van der Waals surface area contributed by atoms with Crippen LogP contribution in [0.3, 0.4) is 0 Å². The van der Waals surface area contributed by atoms with E-state index in [2.05, 4.69) is 15.3 Å². The molecule has 0 saturated carbocycles. The van der Waals surface area contributed by atoms with Gasteiger partial charge in [-0.15, -0.1) is 0 Å². The molecule has 1 aliphatic rings. The Morgan fingerprint density at radius 1 is 1.37 bits per heavy atom. The molecule has 0 aliphatic carbocycles. The molecule has 0 bridgehead atoms. The number of aromatic nitrogens is 2. The number of ether oxygens (including phenoxy) is 2. The van der Waals surface area contributed by atoms with E-state index in [1.54, 1.807) is 19.2 Å². The minimum absolute atomic E-state index is 0.148. The summed E-state index contributed by atoms with van der Waals surface area (Å²) < 4.78 is 10.8. The first-order valence-corrected chi connectivity index (χ1v) is 9.99. The smallest absolute Gasteiger partial charge is 0.335 e. The largest absolute Gasteiger partial charge is 0.497 e. The number of halogens is 1. The van der Waals surface area contributed by atoms with Gasteiger partial charge in [-0.2, -0.15) is 0 Å². The van der Waals surface area contributed by atoms with E-state index in [9.17, 15) is 14.7 Å². The number of carboxylic acids is 1. The van der Waals surface area contributed by atoms with E-state index in [1.165, 1.54) is 13.2 Å². The van der Waals surface area contributed by atoms with Gasteiger partial charge in [-0.25, -0.2) is 9.78 Å². The van der Waals surface area contributed by atoms with Gasteiger partial charge in [0, 0.05) is 32.0 Å². The Balaban J connectivity index is 1.72. The van der Waals surface area contributed by atoms with Crippen molar-refractivity contribution in [2.24, 2.45) is 0 Å². The summed E-state index contributed by atoms with van der Waals surface area (Å²) in [5.74, 6) is -0.723. The van der Waals surface area contributed by atoms with Gasteiger partial charge in [-0.05, 0) is 25.0 Å². The number of carbonyl (C=O) groups excluding carboxylic acids is 1. The zero-order valence-electron chi connectivity index (χ0n) is 17.1. The predicted molar refractivity (Wildman–Crippen MR) is 112 cm³/mol. The summed E-state index contributed by atoms with van der Waals surface area (Å²) in [5, 5.41) is 12.6. The van der Waals surface area contributed by atoms with E-state index in [1.807, 2.05) is 11.8 Å². The molecule has 1 amide bonds. The lowest BCUT2D eigenvalue weighted by Gasteiger charge is -2.39. The van der Waals surface area contributed by atoms with Crippen LogP contribution in [0.5, 0.6) is 5.75 Å². The molecule has 9 nitrogen and oxygen atoms in total. The van der Waals surface area contributed by atoms with Crippen LogP contribution in [0.4, 0.5) is 5.69 Å². The maximum absolute atomic E-state index is 12.6. The van der Waals surface area contributed by atoms with Crippen molar-refractivity contribution in [2.75, 3.05) is 32.2 Å². The quantitative estimate of drug-likeness (QED) is 0.609. The number of aryl methyl sites for hydroxylation is 1. The van der Waals surface area contributed by atoms with Crippen LogP contribution in [-0.4, -0.2) is 66.4 Å². The van der Waals surface area contributed by atoms with Crippen LogP contribution in [0.25, 0.3) is 0 Å². The van der Waals surface area contributed by atoms with E-state index in [0.717, 1.165) is 5.69 Å². The monoisotopic (exact) mass is 436 g/mol. The Morgan fingerprint density at radius 2 is 2.13 bits per heavy atom. The molecule has 30 heavy (non-hydrogen) atoms. The molecular weight excluding hydrogens is 412 g/mol. The molecule has 2 aromatic rings. The number of carboxylic acid groups (broad SMARTS) is 1. The minimum atomic E-state index is -1.02. The summed E-state index contributed by atoms with van der Waals surface area (Å²) in [4.78, 5) is 33.1. The molecule has 2 unspecified atom stereocenters. The van der Waals surface area contributed by atoms with E-state index < -0.39 is 5.97 Å². The SMILES string of the molecule is CCc1[nH]c(C(=O)NC2CCN(c3cc(OC)cc(C(=O)O)c3)CC2OC)nc1Cl. The number of H-pyrrole nitrogens is 1. The number of benzene rings is 1. The molecule has 0 radical (unpaired) electrons. The van der Waals surface area contributed by atoms with Gasteiger partial charge in [0.15, 0.2) is 11.0 Å². The number of hydrogen-bond donors (Lipinski definition) is 3. The van der Waals surface area contributed by atoms with Crippen LogP contribution in [0.1, 0.15) is 40.0 Å². The highest BCUT2D eigenvalue weighted by molar-refractivity contribution is 6.30. The number of piperidine rings is 1. The van der Waals surface area contributed by atoms with Gasteiger partial charge in [0.25, 0.3) is 5.91 Å². The average molecular weight is 437 g/mol. The van der Waals surface area contributed by atoms with Crippen molar-refractivity contribution in [1.82, 2.24) is 15.3 Å². The van der Waals surface area contributed by atoms with Crippen molar-refractivity contribution >= 4 is 29.2 Å². The number of aromatic amines is 1. The molecule has 2 heterocycles. The third kappa shape index (κ3) is 4.68. The average Bonchev–Trinajstić information content (AvgIpc) is 3.14. The molecule has 3 N–H and O–H groups in total. The Morgan fingerprint density at radius 3 is 2.73 bits per heavy atom. The maximum Gasteiger partial charge on any atom is 0.335 e. The standard InChI is InChI=1S/C20H25ClN4O5/c1-4-14-17(21)24-18(22-14)19(26)23-15-5-6-25(10-16(15)30-3)12-7-11(20(27)28)8-13(9-12)29-2/h7-9,15-16H,4-6,10H2,1-3H3,(H,22,24)(H,23,26)(H,27,28). The van der Waals surface area contributed by atoms with Crippen molar-refractivity contribution in [3.63, 3.8) is 0 Å². The molecule has 2 atom stereocenters. The van der Waals surface area contributed by atoms with Gasteiger partial charge in [0.2, 0.25) is 0 Å². The van der Waals surface area contributed by atoms with Crippen molar-refractivity contribution in [2.45, 2.75) is 31.9 Å². The summed E-state index contributed by atoms with van der Waals surface area (Å²) in [6, 6.07) is 4.64. The molecule has 1 aliphatic heterocycles. The van der Waals surface area contributed by atoms with Gasteiger partial charge < -0.3 is 29.8 Å². The molecule has 1 fully saturated rings. The van der Waals surface area contributed by atoms with Crippen LogP contribution in [0.2, 0.25) is 5.15 Å². The van der Waals surface area contributed by atoms with E-state index in [4.69, 9.17) is 21.1 Å². The third-order valence-corrected chi connectivity index (χ3v) is 5.53. The number of aromatic carboxylic acids is 1. The summed E-state index contributed by atoms with van der Waals surface area (Å²) in [6.07, 6.45) is 0.967. The molecular formula is C20H25ClN4O5. The summed E-state index contributed by atoms with van der Waals surface area (Å²) in [5.41, 5.74) is 1.59. The van der Waals surface area contributed by atoms with E-state index in [0.29, 0.717) is 42.5 Å². The van der Waals surface area contributed by atoms with E-state index in [-0.39, 0.29) is 29.4 Å². The maximum atomic E-state index is 12.6. The number of rotatable bonds is 7. The zero-order valence-corrected chi connectivity index (χ0v) is 17.8. The highest BCUT2D eigenvalue weighted by atomic mass is 35.5. The molecule has 1 aromatic heterocycles. The number of hydrogen-bond acceptors (Lipinski definition) is 6. The molecule has 3 rings (SSSR count). The van der Waals surface area contributed by atoms with Gasteiger partial charge in [-0.3, -0.25) is 4.79 Å². The lowest BCUT2D eigenvalue weighted by Crippen LogP contribution is -2.55. The number of imidazole rings is 1. The summed E-state index contributed by atoms with van der Waals surface area (Å²) in [6.45, 7) is 3.01. The van der Waals surface area contributed by atoms with Crippen LogP contribution in [-0.2, 0) is 11.2 Å². The van der Waals surface area contributed by atoms with Crippen LogP contribution in [0.15, 0.2) is 18.2 Å². The number of amides is 1. The summed E-state index contributed by atoms with van der Waals surface area (Å²) >= 11 is 6.03. The number of anilines is 1. The Hall–Kier alpha value is -2.78. The molecule has 162 valence electrons. The summed E-state index contributed by atoms with van der Waals surface area (Å²) in [7, 11) is 3.08. The zero-order chi connectivity index (χ0) is 21.8. The fourth-order valence-corrected chi connectivity index (χ4v) is 3.79. The third-order valence-electron chi connectivity index (χ3n) is 5.21. The lowest BCUT2D eigenvalue weighted by molar-refractivity contribution is 0.0538. The first-order valence-electron chi connectivity index (χ1n) is 9.61. The number of methoxy groups -OCH3 is 2. The first kappa shape index (κ1) is 21.9. The molecule has 0 spiro atoms. The van der Waals surface area contributed by atoms with Gasteiger partial charge in [0.1, 0.15) is 5.75 Å². The van der Waals surface area contributed by atoms with Gasteiger partial charge in [-0.1, -0.05) is 18.5 Å². The van der Waals surface area contributed by atoms with Crippen molar-refractivity contribution in [1.29, 1.82) is 0 Å². The topological polar surface area (TPSA) is 117 Å². The van der Waals surface area contributed by atoms with Crippen molar-refractivity contribution < 1.29 is 24.2 Å². The second-order valence-electron chi connectivity index (χ2n) is 7.02. The lowest BCUT2D eigenvalue weighted by atomic mass is 10.00. The highest BCUT2D eigenvalue weighted by Crippen LogP contribution is 2.27. The van der Waals surface area contributed by atoms with Crippen LogP contribution >= 0.6 is 11.6 Å². The predicted octanol–water partition coefficient (Wildman–Crippen LogP) is 2.36. The number of carbonyl (C=O) groups is 2.